The Morgan fingerprint density at radius 3 is 2.53 bits per heavy atom. The van der Waals surface area contributed by atoms with E-state index in [1.165, 1.54) is 12.0 Å². The van der Waals surface area contributed by atoms with Crippen LogP contribution >= 0.6 is 0 Å². The monoisotopic (exact) mass is 275 g/mol. The molecule has 0 saturated carbocycles. The van der Waals surface area contributed by atoms with E-state index in [4.69, 9.17) is 15.2 Å². The molecule has 0 aromatic carbocycles. The fourth-order valence-electron chi connectivity index (χ4n) is 1.21. The van der Waals surface area contributed by atoms with Gasteiger partial charge in [-0.15, -0.1) is 0 Å². The van der Waals surface area contributed by atoms with Crippen molar-refractivity contribution in [1.29, 1.82) is 0 Å². The maximum absolute atomic E-state index is 11.8. The van der Waals surface area contributed by atoms with Crippen molar-refractivity contribution in [3.63, 3.8) is 0 Å². The fraction of sp³-hybridized carbons (Fsp3) is 0.727. The van der Waals surface area contributed by atoms with Gasteiger partial charge in [0.15, 0.2) is 0 Å². The van der Waals surface area contributed by atoms with Gasteiger partial charge in [-0.25, -0.2) is 0 Å². The third kappa shape index (κ3) is 8.11. The van der Waals surface area contributed by atoms with Crippen LogP contribution in [-0.4, -0.2) is 69.2 Å². The van der Waals surface area contributed by atoms with Gasteiger partial charge in [0.25, 0.3) is 0 Å². The Kier molecular flexibility index (Phi) is 9.37. The van der Waals surface area contributed by atoms with Crippen molar-refractivity contribution in [2.45, 2.75) is 6.92 Å². The summed E-state index contributed by atoms with van der Waals surface area (Å²) in [5.74, 6) is -1.33. The van der Waals surface area contributed by atoms with Gasteiger partial charge in [0.1, 0.15) is 6.54 Å². The van der Waals surface area contributed by atoms with Crippen LogP contribution in [0.4, 0.5) is 0 Å². The average Bonchev–Trinajstić information content (AvgIpc) is 2.40. The topological polar surface area (TPSA) is 111 Å². The number of carbonyl (C=O) groups is 3. The predicted molar refractivity (Wildman–Crippen MR) is 67.2 cm³/mol. The van der Waals surface area contributed by atoms with Crippen LogP contribution in [0.5, 0.6) is 0 Å². The molecule has 110 valence electrons. The van der Waals surface area contributed by atoms with Gasteiger partial charge in [0.05, 0.1) is 26.3 Å². The maximum Gasteiger partial charge on any atom is 0.325 e. The second kappa shape index (κ2) is 10.3. The van der Waals surface area contributed by atoms with Crippen LogP contribution < -0.4 is 11.1 Å². The Morgan fingerprint density at radius 2 is 2.00 bits per heavy atom. The lowest BCUT2D eigenvalue weighted by atomic mass is 10.4. The van der Waals surface area contributed by atoms with Crippen molar-refractivity contribution >= 4 is 17.8 Å². The largest absolute Gasteiger partial charge is 0.465 e. The summed E-state index contributed by atoms with van der Waals surface area (Å²) in [6.45, 7) is 1.88. The highest BCUT2D eigenvalue weighted by Gasteiger charge is 2.17. The minimum Gasteiger partial charge on any atom is -0.465 e. The maximum atomic E-state index is 11.8. The molecule has 2 amide bonds. The lowest BCUT2D eigenvalue weighted by Gasteiger charge is -2.21. The Bertz CT molecular complexity index is 309. The van der Waals surface area contributed by atoms with Gasteiger partial charge in [-0.2, -0.15) is 0 Å². The Balaban J connectivity index is 4.33. The second-order valence-corrected chi connectivity index (χ2v) is 3.59. The van der Waals surface area contributed by atoms with Crippen molar-refractivity contribution in [2.75, 3.05) is 46.5 Å². The van der Waals surface area contributed by atoms with Crippen molar-refractivity contribution in [2.24, 2.45) is 5.73 Å². The molecular formula is C11H21N3O5. The molecule has 8 nitrogen and oxygen atoms in total. The quantitative estimate of drug-likeness (QED) is 0.475. The molecule has 0 atom stereocenters. The molecule has 0 aliphatic carbocycles. The number of nitrogens with two attached hydrogens (primary N) is 1. The number of rotatable bonds is 9. The molecule has 0 aromatic rings. The molecule has 0 fully saturated rings. The molecule has 8 heteroatoms. The normalized spacial score (nSPS) is 9.84. The highest BCUT2D eigenvalue weighted by Crippen LogP contribution is 1.92. The number of hydrogen-bond donors (Lipinski definition) is 2. The van der Waals surface area contributed by atoms with Crippen molar-refractivity contribution in [1.82, 2.24) is 10.2 Å². The Hall–Kier alpha value is -1.67. The van der Waals surface area contributed by atoms with Gasteiger partial charge < -0.3 is 25.4 Å². The molecule has 0 spiro atoms. The van der Waals surface area contributed by atoms with E-state index in [1.54, 1.807) is 6.92 Å². The molecule has 0 aromatic heterocycles. The molecule has 0 unspecified atom stereocenters. The number of nitrogens with zero attached hydrogens (tertiary/aromatic N) is 1. The number of carbonyl (C=O) groups excluding carboxylic acids is 3. The second-order valence-electron chi connectivity index (χ2n) is 3.59. The van der Waals surface area contributed by atoms with E-state index in [-0.39, 0.29) is 39.4 Å². The van der Waals surface area contributed by atoms with E-state index < -0.39 is 17.8 Å². The lowest BCUT2D eigenvalue weighted by Crippen LogP contribution is -2.45. The van der Waals surface area contributed by atoms with E-state index in [0.29, 0.717) is 0 Å². The van der Waals surface area contributed by atoms with Gasteiger partial charge in [0.2, 0.25) is 11.8 Å². The van der Waals surface area contributed by atoms with Crippen LogP contribution in [0.25, 0.3) is 0 Å². The summed E-state index contributed by atoms with van der Waals surface area (Å²) >= 11 is 0. The van der Waals surface area contributed by atoms with E-state index in [9.17, 15) is 14.4 Å². The number of esters is 1. The zero-order valence-electron chi connectivity index (χ0n) is 11.3. The van der Waals surface area contributed by atoms with Crippen LogP contribution in [0.1, 0.15) is 6.92 Å². The molecule has 0 radical (unpaired) electrons. The third-order valence-corrected chi connectivity index (χ3v) is 2.17. The SMILES string of the molecule is CCOC(=O)CN(CCOC)C(=O)CNC(=O)CN. The minimum absolute atomic E-state index is 0.172. The third-order valence-electron chi connectivity index (χ3n) is 2.17. The summed E-state index contributed by atoms with van der Waals surface area (Å²) in [7, 11) is 1.49. The zero-order valence-corrected chi connectivity index (χ0v) is 11.3. The number of ether oxygens (including phenoxy) is 2. The lowest BCUT2D eigenvalue weighted by molar-refractivity contribution is -0.149. The highest BCUT2D eigenvalue weighted by molar-refractivity contribution is 5.87. The summed E-state index contributed by atoms with van der Waals surface area (Å²) in [4.78, 5) is 35.4. The first-order chi connectivity index (χ1) is 9.04. The molecule has 0 bridgehead atoms. The molecule has 19 heavy (non-hydrogen) atoms. The van der Waals surface area contributed by atoms with Crippen molar-refractivity contribution in [3.05, 3.63) is 0 Å². The Labute approximate surface area is 112 Å². The van der Waals surface area contributed by atoms with E-state index in [2.05, 4.69) is 5.32 Å². The Morgan fingerprint density at radius 1 is 1.32 bits per heavy atom. The van der Waals surface area contributed by atoms with Gasteiger partial charge in [-0.1, -0.05) is 0 Å². The van der Waals surface area contributed by atoms with Crippen LogP contribution in [-0.2, 0) is 23.9 Å². The molecule has 0 aliphatic heterocycles. The van der Waals surface area contributed by atoms with Crippen molar-refractivity contribution < 1.29 is 23.9 Å². The van der Waals surface area contributed by atoms with E-state index >= 15 is 0 Å². The summed E-state index contributed by atoms with van der Waals surface area (Å²) in [5, 5.41) is 2.35. The molecular weight excluding hydrogens is 254 g/mol. The van der Waals surface area contributed by atoms with Crippen LogP contribution in [0.3, 0.4) is 0 Å². The summed E-state index contributed by atoms with van der Waals surface area (Å²) < 4.78 is 9.63. The van der Waals surface area contributed by atoms with Crippen LogP contribution in [0.2, 0.25) is 0 Å². The van der Waals surface area contributed by atoms with Gasteiger partial charge >= 0.3 is 5.97 Å². The van der Waals surface area contributed by atoms with E-state index in [0.717, 1.165) is 0 Å². The number of nitrogens with one attached hydrogen (secondary N) is 1. The predicted octanol–water partition coefficient (Wildman–Crippen LogP) is -1.90. The highest BCUT2D eigenvalue weighted by atomic mass is 16.5. The van der Waals surface area contributed by atoms with Crippen LogP contribution in [0, 0.1) is 0 Å². The van der Waals surface area contributed by atoms with Crippen molar-refractivity contribution in [3.8, 4) is 0 Å². The smallest absolute Gasteiger partial charge is 0.325 e. The summed E-state index contributed by atoms with van der Waals surface area (Å²) in [6.07, 6.45) is 0. The first-order valence-corrected chi connectivity index (χ1v) is 5.94. The first-order valence-electron chi connectivity index (χ1n) is 5.94. The molecule has 0 rings (SSSR count). The van der Waals surface area contributed by atoms with Crippen LogP contribution in [0.15, 0.2) is 0 Å². The molecule has 0 heterocycles. The van der Waals surface area contributed by atoms with E-state index in [1.807, 2.05) is 0 Å². The van der Waals surface area contributed by atoms with Gasteiger partial charge in [-0.3, -0.25) is 14.4 Å². The minimum atomic E-state index is -0.503. The summed E-state index contributed by atoms with van der Waals surface area (Å²) in [5.41, 5.74) is 5.10. The average molecular weight is 275 g/mol. The van der Waals surface area contributed by atoms with Gasteiger partial charge in [-0.05, 0) is 6.92 Å². The number of amides is 2. The number of methoxy groups -OCH3 is 1. The zero-order chi connectivity index (χ0) is 14.7. The molecule has 3 N–H and O–H groups in total. The molecule has 0 saturated heterocycles. The fourth-order valence-corrected chi connectivity index (χ4v) is 1.21. The first kappa shape index (κ1) is 17.3. The number of hydrogen-bond acceptors (Lipinski definition) is 6. The summed E-state index contributed by atoms with van der Waals surface area (Å²) in [6, 6.07) is 0. The molecule has 0 aliphatic rings. The standard InChI is InChI=1S/C11H21N3O5/c1-3-19-11(17)8-14(4-5-18-2)10(16)7-13-9(15)6-12/h3-8,12H2,1-2H3,(H,13,15). The van der Waals surface area contributed by atoms with Gasteiger partial charge in [0, 0.05) is 13.7 Å².